The highest BCUT2D eigenvalue weighted by Crippen LogP contribution is 2.21. The number of carbonyl (C=O) groups excluding carboxylic acids is 18. The van der Waals surface area contributed by atoms with E-state index < -0.39 is 179 Å². The van der Waals surface area contributed by atoms with Crippen LogP contribution in [0.4, 0.5) is 0 Å². The van der Waals surface area contributed by atoms with Gasteiger partial charge in [0.1, 0.15) is 22.8 Å². The number of ether oxygens (including phenoxy) is 2. The Labute approximate surface area is 552 Å². The average Bonchev–Trinajstić information content (AvgIpc) is 1.15. The Balaban J connectivity index is 0.000000507. The number of Topliss-reactive ketones (excluding diaryl/α,β-unsaturated/α-hetero) is 4. The van der Waals surface area contributed by atoms with E-state index in [-0.39, 0.29) is 129 Å². The Morgan fingerprint density at radius 1 is 0.375 bits per heavy atom. The average molecular weight is 1350 g/mol. The molecule has 4 heterocycles. The molecule has 4 aliphatic rings. The minimum absolute atomic E-state index is 0.0103. The van der Waals surface area contributed by atoms with Gasteiger partial charge in [-0.15, -0.1) is 0 Å². The number of aliphatic carboxylic acids is 2. The molecule has 4 aliphatic heterocycles. The van der Waals surface area contributed by atoms with Gasteiger partial charge in [0.15, 0.2) is 11.6 Å². The van der Waals surface area contributed by atoms with Gasteiger partial charge in [0.25, 0.3) is 47.3 Å². The van der Waals surface area contributed by atoms with Crippen LogP contribution in [0.5, 0.6) is 0 Å². The molecule has 524 valence electrons. The van der Waals surface area contributed by atoms with E-state index in [1.807, 2.05) is 0 Å². The number of carbonyl (C=O) groups is 20. The summed E-state index contributed by atoms with van der Waals surface area (Å²) in [7, 11) is 0. The van der Waals surface area contributed by atoms with Crippen molar-refractivity contribution < 1.29 is 116 Å². The van der Waals surface area contributed by atoms with Crippen molar-refractivity contribution in [3.8, 4) is 0 Å². The lowest BCUT2D eigenvalue weighted by molar-refractivity contribution is -0.156. The molecule has 6 N–H and O–H groups in total. The molecule has 0 saturated carbocycles. The number of nitrogens with zero attached hydrogens (tertiary/aromatic N) is 4. The molecule has 0 radical (unpaired) electrons. The SMILES string of the molecule is CC(C)(C)OC(=O)CCCCC(=O)[C@@H](NC(=O)CCN1C(=O)C=CC1=O)[C@@H](CC(=O)CCN1C(=O)C=CC1=O)C(=O)NCCCC(=O)OC(C)(C)C.O=C(O)CCCCC(=O)[C@@H](NC(=O)CCN1C(=O)C=CC1=O)[C@@H](CC(=O)CCN1C(=O)C=CC1=O)C(=O)NCCCC(=O)O. The molecule has 0 saturated heterocycles. The second-order valence-corrected chi connectivity index (χ2v) is 24.5. The van der Waals surface area contributed by atoms with E-state index in [2.05, 4.69) is 21.3 Å². The van der Waals surface area contributed by atoms with E-state index in [0.29, 0.717) is 0 Å². The molecule has 32 heteroatoms. The largest absolute Gasteiger partial charge is 0.481 e. The van der Waals surface area contributed by atoms with Crippen LogP contribution < -0.4 is 21.3 Å². The molecular weight excluding hydrogens is 1260 g/mol. The maximum absolute atomic E-state index is 13.7. The zero-order valence-corrected chi connectivity index (χ0v) is 54.6. The van der Waals surface area contributed by atoms with Gasteiger partial charge in [0, 0.05) is 165 Å². The van der Waals surface area contributed by atoms with Crippen molar-refractivity contribution >= 4 is 118 Å². The zero-order valence-electron chi connectivity index (χ0n) is 54.6. The maximum Gasteiger partial charge on any atom is 0.306 e. The van der Waals surface area contributed by atoms with Crippen molar-refractivity contribution in [1.29, 1.82) is 0 Å². The molecule has 96 heavy (non-hydrogen) atoms. The van der Waals surface area contributed by atoms with Gasteiger partial charge in [-0.2, -0.15) is 0 Å². The zero-order chi connectivity index (χ0) is 72.0. The van der Waals surface area contributed by atoms with Gasteiger partial charge in [-0.25, -0.2) is 0 Å². The van der Waals surface area contributed by atoms with Crippen molar-refractivity contribution in [2.45, 2.75) is 180 Å². The Morgan fingerprint density at radius 3 is 0.938 bits per heavy atom. The number of carboxylic acids is 2. The molecular formula is C64H84N8O24. The third kappa shape index (κ3) is 29.5. The first kappa shape index (κ1) is 80.2. The van der Waals surface area contributed by atoms with E-state index in [4.69, 9.17) is 19.7 Å². The van der Waals surface area contributed by atoms with Gasteiger partial charge >= 0.3 is 23.9 Å². The van der Waals surface area contributed by atoms with Crippen LogP contribution in [0, 0.1) is 11.8 Å². The highest BCUT2D eigenvalue weighted by Gasteiger charge is 2.39. The maximum atomic E-state index is 13.7. The van der Waals surface area contributed by atoms with E-state index in [9.17, 15) is 95.9 Å². The van der Waals surface area contributed by atoms with Gasteiger partial charge in [-0.3, -0.25) is 115 Å². The monoisotopic (exact) mass is 1350 g/mol. The molecule has 0 aromatic heterocycles. The summed E-state index contributed by atoms with van der Waals surface area (Å²) < 4.78 is 10.6. The molecule has 12 amide bonds. The standard InChI is InChI=1S/C36H50N4O12.C28H34N4O12/c1-35(2,3)51-31(48)11-8-7-10-25(42)33(38-26(43)18-21-40-29(46)15-16-30(40)47)24(22-23(41)17-20-39-27(44)13-14-28(39)45)34(50)37-19-9-12-32(49)52-36(4,5)6;33-17(11-14-31-21(36)7-8-22(31)37)16-18(28(44)29-13-3-6-26(42)43)27(19(34)4-1-2-5-25(40)41)30-20(35)12-15-32-23(38)9-10-24(32)39/h13-16,24,33H,7-12,17-22H2,1-6H3,(H,37,50)(H,38,43);7-10,18,27H,1-6,11-16H2,(H,29,44)(H,30,35)(H,40,41)(H,42,43)/t24-,33+;18-,27+/m11/s1. The number of nitrogens with one attached hydrogen (secondary N) is 4. The summed E-state index contributed by atoms with van der Waals surface area (Å²) in [6.45, 7) is 8.92. The highest BCUT2D eigenvalue weighted by atomic mass is 16.6. The van der Waals surface area contributed by atoms with Crippen molar-refractivity contribution in [1.82, 2.24) is 40.9 Å². The van der Waals surface area contributed by atoms with Gasteiger partial charge in [0.2, 0.25) is 23.6 Å². The number of hydrogen-bond donors (Lipinski definition) is 6. The number of rotatable bonds is 42. The first-order chi connectivity index (χ1) is 45.0. The Morgan fingerprint density at radius 2 is 0.635 bits per heavy atom. The number of carboxylic acid groups (broad SMARTS) is 2. The number of esters is 2. The molecule has 0 bridgehead atoms. The number of imide groups is 4. The highest BCUT2D eigenvalue weighted by molar-refractivity contribution is 6.15. The van der Waals surface area contributed by atoms with Crippen molar-refractivity contribution in [3.05, 3.63) is 48.6 Å². The van der Waals surface area contributed by atoms with Crippen LogP contribution in [0.3, 0.4) is 0 Å². The molecule has 0 aromatic rings. The van der Waals surface area contributed by atoms with E-state index in [1.54, 1.807) is 41.5 Å². The van der Waals surface area contributed by atoms with Gasteiger partial charge in [0.05, 0.1) is 23.9 Å². The molecule has 0 unspecified atom stereocenters. The lowest BCUT2D eigenvalue weighted by atomic mass is 9.87. The fourth-order valence-electron chi connectivity index (χ4n) is 9.62. The van der Waals surface area contributed by atoms with Crippen LogP contribution in [-0.4, -0.2) is 210 Å². The summed E-state index contributed by atoms with van der Waals surface area (Å²) in [6, 6.07) is -3.14. The summed E-state index contributed by atoms with van der Waals surface area (Å²) in [5.74, 6) is -16.8. The van der Waals surface area contributed by atoms with Gasteiger partial charge in [-0.1, -0.05) is 0 Å². The number of unbranched alkanes of at least 4 members (excludes halogenated alkanes) is 2. The van der Waals surface area contributed by atoms with E-state index in [0.717, 1.165) is 68.2 Å². The summed E-state index contributed by atoms with van der Waals surface area (Å²) in [6.07, 6.45) is 5.48. The van der Waals surface area contributed by atoms with Crippen LogP contribution in [0.1, 0.15) is 157 Å². The molecule has 4 rings (SSSR count). The van der Waals surface area contributed by atoms with Crippen molar-refractivity contribution in [3.63, 3.8) is 0 Å². The predicted molar refractivity (Wildman–Crippen MR) is 330 cm³/mol. The fourth-order valence-corrected chi connectivity index (χ4v) is 9.62. The number of ketones is 4. The Kier molecular flexibility index (Phi) is 32.6. The van der Waals surface area contributed by atoms with Crippen LogP contribution >= 0.6 is 0 Å². The first-order valence-electron chi connectivity index (χ1n) is 31.2. The summed E-state index contributed by atoms with van der Waals surface area (Å²) in [5, 5.41) is 27.8. The molecule has 4 atom stereocenters. The van der Waals surface area contributed by atoms with E-state index >= 15 is 0 Å². The van der Waals surface area contributed by atoms with Crippen LogP contribution in [0.2, 0.25) is 0 Å². The topological polar surface area (TPSA) is 461 Å². The summed E-state index contributed by atoms with van der Waals surface area (Å²) in [4.78, 5) is 251. The van der Waals surface area contributed by atoms with Crippen molar-refractivity contribution in [2.75, 3.05) is 39.3 Å². The predicted octanol–water partition coefficient (Wildman–Crippen LogP) is 0.258. The lowest BCUT2D eigenvalue weighted by Gasteiger charge is -2.27. The van der Waals surface area contributed by atoms with E-state index in [1.165, 1.54) is 0 Å². The van der Waals surface area contributed by atoms with Gasteiger partial charge in [-0.05, 0) is 80.1 Å². The Bertz CT molecular complexity index is 2890. The molecule has 0 spiro atoms. The summed E-state index contributed by atoms with van der Waals surface area (Å²) >= 11 is 0. The van der Waals surface area contributed by atoms with Crippen LogP contribution in [-0.2, 0) is 105 Å². The normalized spacial score (nSPS) is 15.5. The third-order valence-corrected chi connectivity index (χ3v) is 14.3. The van der Waals surface area contributed by atoms with Crippen molar-refractivity contribution in [2.24, 2.45) is 11.8 Å². The smallest absolute Gasteiger partial charge is 0.306 e. The van der Waals surface area contributed by atoms with Crippen LogP contribution in [0.15, 0.2) is 48.6 Å². The lowest BCUT2D eigenvalue weighted by Crippen LogP contribution is -2.52. The number of amides is 12. The summed E-state index contributed by atoms with van der Waals surface area (Å²) in [5.41, 5.74) is -1.41. The fraction of sp³-hybridized carbons (Fsp3) is 0.562. The minimum Gasteiger partial charge on any atom is -0.481 e. The molecule has 32 nitrogen and oxygen atoms in total. The molecule has 0 aromatic carbocycles. The first-order valence-corrected chi connectivity index (χ1v) is 31.2. The number of hydrogen-bond acceptors (Lipinski definition) is 22. The Hall–Kier alpha value is -10.0. The second-order valence-electron chi connectivity index (χ2n) is 24.5. The van der Waals surface area contributed by atoms with Crippen LogP contribution in [0.25, 0.3) is 0 Å². The second kappa shape index (κ2) is 39.0. The quantitative estimate of drug-likeness (QED) is 0.0271. The molecule has 0 aliphatic carbocycles. The van der Waals surface area contributed by atoms with Gasteiger partial charge < -0.3 is 41.0 Å². The molecule has 0 fully saturated rings. The minimum atomic E-state index is -1.59. The third-order valence-electron chi connectivity index (χ3n) is 14.3.